The van der Waals surface area contributed by atoms with Crippen LogP contribution in [0.2, 0.25) is 5.02 Å². The van der Waals surface area contributed by atoms with Crippen molar-refractivity contribution in [1.82, 2.24) is 5.32 Å². The van der Waals surface area contributed by atoms with Gasteiger partial charge in [-0.2, -0.15) is 0 Å². The van der Waals surface area contributed by atoms with Gasteiger partial charge in [0.15, 0.2) is 0 Å². The lowest BCUT2D eigenvalue weighted by atomic mass is 10.0. The summed E-state index contributed by atoms with van der Waals surface area (Å²) in [5.41, 5.74) is 2.62. The molecule has 2 aliphatic rings. The van der Waals surface area contributed by atoms with Crippen LogP contribution in [0.15, 0.2) is 48.5 Å². The standard InChI is InChI=1S/C20H20ClNO2/c21-19-7-6-14(13-4-2-1-3-5-13)10-16(19)20(23)22-11-17-15-8-9-24-12-18(15)17/h1-7,10,15,17-18H,8-9,11-12H2,(H,22,23). The van der Waals surface area contributed by atoms with Crippen LogP contribution in [0.25, 0.3) is 11.1 Å². The number of halogens is 1. The zero-order chi connectivity index (χ0) is 16.5. The van der Waals surface area contributed by atoms with Crippen molar-refractivity contribution in [2.45, 2.75) is 6.42 Å². The minimum absolute atomic E-state index is 0.0950. The molecule has 2 fully saturated rings. The molecule has 0 radical (unpaired) electrons. The molecule has 3 nitrogen and oxygen atoms in total. The Kier molecular flexibility index (Phi) is 4.30. The quantitative estimate of drug-likeness (QED) is 0.912. The Labute approximate surface area is 147 Å². The second-order valence-corrected chi connectivity index (χ2v) is 7.03. The number of hydrogen-bond acceptors (Lipinski definition) is 2. The number of carbonyl (C=O) groups is 1. The molecule has 2 aromatic carbocycles. The second-order valence-electron chi connectivity index (χ2n) is 6.63. The van der Waals surface area contributed by atoms with Crippen LogP contribution in [0, 0.1) is 17.8 Å². The van der Waals surface area contributed by atoms with Crippen molar-refractivity contribution in [3.8, 4) is 11.1 Å². The van der Waals surface area contributed by atoms with E-state index >= 15 is 0 Å². The van der Waals surface area contributed by atoms with E-state index in [1.54, 1.807) is 6.07 Å². The Hall–Kier alpha value is -1.84. The highest BCUT2D eigenvalue weighted by molar-refractivity contribution is 6.34. The van der Waals surface area contributed by atoms with E-state index in [4.69, 9.17) is 16.3 Å². The van der Waals surface area contributed by atoms with E-state index in [1.807, 2.05) is 42.5 Å². The number of hydrogen-bond donors (Lipinski definition) is 1. The second kappa shape index (κ2) is 6.58. The van der Waals surface area contributed by atoms with Gasteiger partial charge in [0, 0.05) is 19.8 Å². The van der Waals surface area contributed by atoms with Gasteiger partial charge in [-0.15, -0.1) is 0 Å². The van der Waals surface area contributed by atoms with Crippen molar-refractivity contribution in [2.24, 2.45) is 17.8 Å². The molecule has 1 N–H and O–H groups in total. The number of fused-ring (bicyclic) bond motifs is 1. The molecule has 1 aliphatic heterocycles. The zero-order valence-electron chi connectivity index (χ0n) is 13.4. The number of nitrogens with one attached hydrogen (secondary N) is 1. The van der Waals surface area contributed by atoms with E-state index < -0.39 is 0 Å². The topological polar surface area (TPSA) is 38.3 Å². The molecule has 3 atom stereocenters. The number of rotatable bonds is 4. The molecule has 0 spiro atoms. The van der Waals surface area contributed by atoms with Gasteiger partial charge in [0.2, 0.25) is 0 Å². The number of amides is 1. The van der Waals surface area contributed by atoms with E-state index in [2.05, 4.69) is 5.32 Å². The highest BCUT2D eigenvalue weighted by Gasteiger charge is 2.51. The number of benzene rings is 2. The van der Waals surface area contributed by atoms with Gasteiger partial charge in [0.1, 0.15) is 0 Å². The Bertz CT molecular complexity index is 735. The molecule has 1 saturated carbocycles. The van der Waals surface area contributed by atoms with Gasteiger partial charge >= 0.3 is 0 Å². The molecule has 4 rings (SSSR count). The molecule has 0 bridgehead atoms. The third-order valence-corrected chi connectivity index (χ3v) is 5.56. The number of carbonyl (C=O) groups excluding carboxylic acids is 1. The van der Waals surface area contributed by atoms with E-state index in [-0.39, 0.29) is 5.91 Å². The van der Waals surface area contributed by atoms with E-state index in [0.29, 0.717) is 29.0 Å². The first-order chi connectivity index (χ1) is 11.7. The summed E-state index contributed by atoms with van der Waals surface area (Å²) in [6.07, 6.45) is 1.12. The fraction of sp³-hybridized carbons (Fsp3) is 0.350. The summed E-state index contributed by atoms with van der Waals surface area (Å²) in [6, 6.07) is 15.6. The summed E-state index contributed by atoms with van der Waals surface area (Å²) in [5.74, 6) is 1.82. The summed E-state index contributed by atoms with van der Waals surface area (Å²) >= 11 is 6.25. The van der Waals surface area contributed by atoms with Crippen LogP contribution in [0.3, 0.4) is 0 Å². The van der Waals surface area contributed by atoms with Crippen LogP contribution < -0.4 is 5.32 Å². The van der Waals surface area contributed by atoms with E-state index in [1.165, 1.54) is 0 Å². The van der Waals surface area contributed by atoms with Crippen LogP contribution in [-0.2, 0) is 4.74 Å². The van der Waals surface area contributed by atoms with Gasteiger partial charge < -0.3 is 10.1 Å². The average molecular weight is 342 g/mol. The van der Waals surface area contributed by atoms with Gasteiger partial charge in [0.05, 0.1) is 10.6 Å². The SMILES string of the molecule is O=C(NCC1C2CCOCC21)c1cc(-c2ccccc2)ccc1Cl. The Morgan fingerprint density at radius 2 is 1.96 bits per heavy atom. The van der Waals surface area contributed by atoms with Crippen molar-refractivity contribution in [1.29, 1.82) is 0 Å². The summed E-state index contributed by atoms with van der Waals surface area (Å²) in [7, 11) is 0. The lowest BCUT2D eigenvalue weighted by Gasteiger charge is -2.09. The van der Waals surface area contributed by atoms with Gasteiger partial charge in [-0.3, -0.25) is 4.79 Å². The lowest BCUT2D eigenvalue weighted by Crippen LogP contribution is -2.26. The van der Waals surface area contributed by atoms with Crippen molar-refractivity contribution in [3.05, 3.63) is 59.1 Å². The first-order valence-electron chi connectivity index (χ1n) is 8.45. The molecular formula is C20H20ClNO2. The first kappa shape index (κ1) is 15.7. The van der Waals surface area contributed by atoms with E-state index in [9.17, 15) is 4.79 Å². The van der Waals surface area contributed by atoms with Crippen molar-refractivity contribution in [2.75, 3.05) is 19.8 Å². The van der Waals surface area contributed by atoms with Crippen LogP contribution in [0.1, 0.15) is 16.8 Å². The van der Waals surface area contributed by atoms with Crippen LogP contribution >= 0.6 is 11.6 Å². The largest absolute Gasteiger partial charge is 0.381 e. The predicted octanol–water partition coefficient (Wildman–Crippen LogP) is 4.02. The fourth-order valence-electron chi connectivity index (χ4n) is 3.76. The molecular weight excluding hydrogens is 322 g/mol. The lowest BCUT2D eigenvalue weighted by molar-refractivity contribution is 0.0881. The minimum atomic E-state index is -0.0950. The third kappa shape index (κ3) is 3.06. The Morgan fingerprint density at radius 3 is 2.71 bits per heavy atom. The molecule has 4 heteroatoms. The Morgan fingerprint density at radius 1 is 1.12 bits per heavy atom. The smallest absolute Gasteiger partial charge is 0.252 e. The molecule has 0 aromatic heterocycles. The highest BCUT2D eigenvalue weighted by Crippen LogP contribution is 2.50. The van der Waals surface area contributed by atoms with Crippen LogP contribution in [0.4, 0.5) is 0 Å². The summed E-state index contributed by atoms with van der Waals surface area (Å²) < 4.78 is 5.50. The normalized spacial score (nSPS) is 25.0. The molecule has 2 aromatic rings. The number of ether oxygens (including phenoxy) is 1. The highest BCUT2D eigenvalue weighted by atomic mass is 35.5. The summed E-state index contributed by atoms with van der Waals surface area (Å²) in [6.45, 7) is 2.41. The predicted molar refractivity (Wildman–Crippen MR) is 95.1 cm³/mol. The monoisotopic (exact) mass is 341 g/mol. The van der Waals surface area contributed by atoms with Crippen LogP contribution in [0.5, 0.6) is 0 Å². The van der Waals surface area contributed by atoms with Gasteiger partial charge in [-0.25, -0.2) is 0 Å². The maximum absolute atomic E-state index is 12.6. The summed E-state index contributed by atoms with van der Waals surface area (Å²) in [5, 5.41) is 3.55. The molecule has 1 saturated heterocycles. The molecule has 1 amide bonds. The average Bonchev–Trinajstić information content (AvgIpc) is 3.34. The molecule has 24 heavy (non-hydrogen) atoms. The first-order valence-corrected chi connectivity index (χ1v) is 8.83. The Balaban J connectivity index is 1.46. The van der Waals surface area contributed by atoms with Crippen LogP contribution in [-0.4, -0.2) is 25.7 Å². The maximum Gasteiger partial charge on any atom is 0.252 e. The van der Waals surface area contributed by atoms with Crippen molar-refractivity contribution < 1.29 is 9.53 Å². The van der Waals surface area contributed by atoms with Crippen molar-refractivity contribution >= 4 is 17.5 Å². The summed E-state index contributed by atoms with van der Waals surface area (Å²) in [4.78, 5) is 12.6. The van der Waals surface area contributed by atoms with Gasteiger partial charge in [-0.05, 0) is 47.4 Å². The third-order valence-electron chi connectivity index (χ3n) is 5.23. The molecule has 1 heterocycles. The van der Waals surface area contributed by atoms with Gasteiger partial charge in [0.25, 0.3) is 5.91 Å². The zero-order valence-corrected chi connectivity index (χ0v) is 14.1. The maximum atomic E-state index is 12.6. The fourth-order valence-corrected chi connectivity index (χ4v) is 3.96. The van der Waals surface area contributed by atoms with Crippen molar-refractivity contribution in [3.63, 3.8) is 0 Å². The van der Waals surface area contributed by atoms with Gasteiger partial charge in [-0.1, -0.05) is 48.0 Å². The molecule has 124 valence electrons. The van der Waals surface area contributed by atoms with E-state index in [0.717, 1.165) is 36.7 Å². The molecule has 3 unspecified atom stereocenters. The molecule has 1 aliphatic carbocycles. The minimum Gasteiger partial charge on any atom is -0.381 e.